The molecule has 0 saturated heterocycles. The van der Waals surface area contributed by atoms with Crippen LogP contribution in [0.2, 0.25) is 0 Å². The van der Waals surface area contributed by atoms with Gasteiger partial charge < -0.3 is 16.8 Å². The van der Waals surface area contributed by atoms with E-state index in [-0.39, 0.29) is 5.66 Å². The Kier molecular flexibility index (Phi) is 3.62. The molecule has 0 aromatic heterocycles. The molecule has 0 amide bonds. The molecule has 1 aliphatic heterocycles. The summed E-state index contributed by atoms with van der Waals surface area (Å²) in [7, 11) is 0. The Morgan fingerprint density at radius 1 is 1.17 bits per heavy atom. The maximum Gasteiger partial charge on any atom is 0.220 e. The summed E-state index contributed by atoms with van der Waals surface area (Å²) < 4.78 is 0. The summed E-state index contributed by atoms with van der Waals surface area (Å²) in [6.07, 6.45) is 7.89. The van der Waals surface area contributed by atoms with Crippen molar-refractivity contribution in [2.45, 2.75) is 63.6 Å². The van der Waals surface area contributed by atoms with E-state index in [1.165, 1.54) is 24.8 Å². The number of nitrogens with one attached hydrogen (secondary N) is 1. The maximum absolute atomic E-state index is 6.36. The molecule has 24 heavy (non-hydrogen) atoms. The lowest BCUT2D eigenvalue weighted by Gasteiger charge is -2.46. The Hall–Kier alpha value is -2.24. The lowest BCUT2D eigenvalue weighted by Crippen LogP contribution is -2.58. The first-order valence-electron chi connectivity index (χ1n) is 8.95. The Morgan fingerprint density at radius 3 is 2.62 bits per heavy atom. The number of guanidine groups is 2. The third-order valence-corrected chi connectivity index (χ3v) is 5.27. The first-order chi connectivity index (χ1) is 11.6. The number of para-hydroxylation sites is 1. The molecular weight excluding hydrogens is 300 g/mol. The minimum absolute atomic E-state index is 0.301. The van der Waals surface area contributed by atoms with E-state index in [0.29, 0.717) is 18.0 Å². The number of nitrogens with zero attached hydrogens (tertiary/aromatic N) is 3. The van der Waals surface area contributed by atoms with Crippen molar-refractivity contribution in [2.75, 3.05) is 10.2 Å². The van der Waals surface area contributed by atoms with Crippen molar-refractivity contribution >= 4 is 23.3 Å². The maximum atomic E-state index is 6.36. The van der Waals surface area contributed by atoms with Crippen LogP contribution in [0.5, 0.6) is 0 Å². The quantitative estimate of drug-likeness (QED) is 0.796. The average molecular weight is 326 g/mol. The van der Waals surface area contributed by atoms with E-state index in [1.54, 1.807) is 0 Å². The van der Waals surface area contributed by atoms with Crippen molar-refractivity contribution in [3.05, 3.63) is 23.8 Å². The number of hydrogen-bond acceptors (Lipinski definition) is 6. The molecule has 3 aliphatic rings. The van der Waals surface area contributed by atoms with Crippen molar-refractivity contribution in [2.24, 2.45) is 21.5 Å². The molecule has 6 nitrogen and oxygen atoms in total. The summed E-state index contributed by atoms with van der Waals surface area (Å²) in [5.74, 6) is 0.754. The SMILES string of the molecule is Cc1cccc(N2C(N)=NC(N)=NC23CCCCC3)c1NC1CC1. The summed E-state index contributed by atoms with van der Waals surface area (Å²) in [4.78, 5) is 11.2. The van der Waals surface area contributed by atoms with E-state index in [1.807, 2.05) is 0 Å². The first kappa shape index (κ1) is 15.3. The molecule has 6 heteroatoms. The molecule has 0 radical (unpaired) electrons. The number of aryl methyl sites for hydroxylation is 1. The summed E-state index contributed by atoms with van der Waals surface area (Å²) in [6, 6.07) is 6.90. The predicted molar refractivity (Wildman–Crippen MR) is 99.4 cm³/mol. The number of hydrogen-bond donors (Lipinski definition) is 3. The molecule has 5 N–H and O–H groups in total. The molecule has 4 rings (SSSR count). The molecule has 0 atom stereocenters. The topological polar surface area (TPSA) is 92.0 Å². The highest BCUT2D eigenvalue weighted by molar-refractivity contribution is 6.07. The fraction of sp³-hybridized carbons (Fsp3) is 0.556. The highest BCUT2D eigenvalue weighted by atomic mass is 15.4. The van der Waals surface area contributed by atoms with Crippen LogP contribution in [0.4, 0.5) is 11.4 Å². The number of rotatable bonds is 3. The van der Waals surface area contributed by atoms with Crippen LogP contribution in [0, 0.1) is 6.92 Å². The van der Waals surface area contributed by atoms with Crippen LogP contribution >= 0.6 is 0 Å². The van der Waals surface area contributed by atoms with Crippen molar-refractivity contribution in [3.63, 3.8) is 0 Å². The van der Waals surface area contributed by atoms with Gasteiger partial charge in [-0.1, -0.05) is 18.6 Å². The van der Waals surface area contributed by atoms with Gasteiger partial charge in [0.15, 0.2) is 0 Å². The van der Waals surface area contributed by atoms with Gasteiger partial charge in [0.05, 0.1) is 11.4 Å². The van der Waals surface area contributed by atoms with Crippen molar-refractivity contribution in [1.82, 2.24) is 0 Å². The van der Waals surface area contributed by atoms with Gasteiger partial charge in [-0.15, -0.1) is 0 Å². The second kappa shape index (κ2) is 5.69. The second-order valence-electron chi connectivity index (χ2n) is 7.21. The Balaban J connectivity index is 1.81. The molecule has 1 aromatic rings. The molecule has 0 bridgehead atoms. The van der Waals surface area contributed by atoms with Gasteiger partial charge in [0.2, 0.25) is 11.9 Å². The number of anilines is 2. The zero-order valence-corrected chi connectivity index (χ0v) is 14.3. The summed E-state index contributed by atoms with van der Waals surface area (Å²) in [5.41, 5.74) is 15.4. The standard InChI is InChI=1S/C18H26N6/c1-12-6-5-7-14(15(12)21-13-8-9-13)24-17(20)22-16(19)23-18(24)10-3-2-4-11-18/h5-7,13,21H,2-4,8-11H2,1H3,(H4,19,20,22,23). The zero-order chi connectivity index (χ0) is 16.7. The monoisotopic (exact) mass is 326 g/mol. The third kappa shape index (κ3) is 2.60. The van der Waals surface area contributed by atoms with Gasteiger partial charge >= 0.3 is 0 Å². The van der Waals surface area contributed by atoms with E-state index in [0.717, 1.165) is 37.1 Å². The van der Waals surface area contributed by atoms with E-state index < -0.39 is 0 Å². The van der Waals surface area contributed by atoms with Gasteiger partial charge in [-0.05, 0) is 57.1 Å². The molecule has 2 fully saturated rings. The first-order valence-corrected chi connectivity index (χ1v) is 8.95. The van der Waals surface area contributed by atoms with Crippen molar-refractivity contribution < 1.29 is 0 Å². The zero-order valence-electron chi connectivity index (χ0n) is 14.3. The van der Waals surface area contributed by atoms with Crippen molar-refractivity contribution in [3.8, 4) is 0 Å². The van der Waals surface area contributed by atoms with Crippen molar-refractivity contribution in [1.29, 1.82) is 0 Å². The minimum atomic E-state index is -0.387. The van der Waals surface area contributed by atoms with Gasteiger partial charge in [0.25, 0.3) is 0 Å². The fourth-order valence-electron chi connectivity index (χ4n) is 3.93. The number of benzene rings is 1. The molecular formula is C18H26N6. The van der Waals surface area contributed by atoms with Crippen LogP contribution in [0.1, 0.15) is 50.5 Å². The molecule has 1 aromatic carbocycles. The van der Waals surface area contributed by atoms with Crippen LogP contribution in [0.25, 0.3) is 0 Å². The summed E-state index contributed by atoms with van der Waals surface area (Å²) >= 11 is 0. The van der Waals surface area contributed by atoms with E-state index in [4.69, 9.17) is 16.5 Å². The van der Waals surface area contributed by atoms with Gasteiger partial charge in [-0.2, -0.15) is 4.99 Å². The molecule has 1 heterocycles. The van der Waals surface area contributed by atoms with Crippen LogP contribution in [-0.2, 0) is 0 Å². The van der Waals surface area contributed by atoms with E-state index >= 15 is 0 Å². The Labute approximate surface area is 143 Å². The molecule has 1 spiro atoms. The lowest BCUT2D eigenvalue weighted by molar-refractivity contribution is 0.305. The normalized spacial score (nSPS) is 23.0. The largest absolute Gasteiger partial charge is 0.380 e. The van der Waals surface area contributed by atoms with Gasteiger partial charge in [-0.25, -0.2) is 4.99 Å². The number of nitrogens with two attached hydrogens (primary N) is 2. The highest BCUT2D eigenvalue weighted by Crippen LogP contribution is 2.43. The highest BCUT2D eigenvalue weighted by Gasteiger charge is 2.43. The molecule has 2 saturated carbocycles. The minimum Gasteiger partial charge on any atom is -0.380 e. The van der Waals surface area contributed by atoms with Crippen LogP contribution in [0.15, 0.2) is 28.2 Å². The predicted octanol–water partition coefficient (Wildman–Crippen LogP) is 2.68. The lowest BCUT2D eigenvalue weighted by atomic mass is 9.87. The Bertz CT molecular complexity index is 697. The van der Waals surface area contributed by atoms with E-state index in [2.05, 4.69) is 40.3 Å². The Morgan fingerprint density at radius 2 is 1.92 bits per heavy atom. The molecule has 2 aliphatic carbocycles. The third-order valence-electron chi connectivity index (χ3n) is 5.27. The second-order valence-corrected chi connectivity index (χ2v) is 7.21. The van der Waals surface area contributed by atoms with Gasteiger partial charge in [0.1, 0.15) is 5.66 Å². The van der Waals surface area contributed by atoms with E-state index in [9.17, 15) is 0 Å². The molecule has 128 valence electrons. The molecule has 0 unspecified atom stereocenters. The van der Waals surface area contributed by atoms with Gasteiger partial charge in [-0.3, -0.25) is 4.90 Å². The smallest absolute Gasteiger partial charge is 0.220 e. The number of aliphatic imine (C=N–C) groups is 2. The van der Waals surface area contributed by atoms with Gasteiger partial charge in [0, 0.05) is 6.04 Å². The summed E-state index contributed by atoms with van der Waals surface area (Å²) in [6.45, 7) is 2.14. The summed E-state index contributed by atoms with van der Waals surface area (Å²) in [5, 5.41) is 3.67. The van der Waals surface area contributed by atoms with Crippen LogP contribution in [0.3, 0.4) is 0 Å². The van der Waals surface area contributed by atoms with Crippen LogP contribution < -0.4 is 21.7 Å². The fourth-order valence-corrected chi connectivity index (χ4v) is 3.93. The van der Waals surface area contributed by atoms with Crippen LogP contribution in [-0.4, -0.2) is 23.6 Å². The average Bonchev–Trinajstić information content (AvgIpc) is 3.34.